The van der Waals surface area contributed by atoms with Crippen LogP contribution in [0, 0.1) is 0 Å². The first-order valence-corrected chi connectivity index (χ1v) is 8.62. The first kappa shape index (κ1) is 13.6. The molecule has 0 amide bonds. The Morgan fingerprint density at radius 1 is 1.27 bits per heavy atom. The summed E-state index contributed by atoms with van der Waals surface area (Å²) in [6.07, 6.45) is 1.77. The molecular formula is C16H13N3OS2. The van der Waals surface area contributed by atoms with E-state index < -0.39 is 0 Å². The monoisotopic (exact) mass is 327 g/mol. The predicted octanol–water partition coefficient (Wildman–Crippen LogP) is 4.47. The molecule has 6 heteroatoms. The Morgan fingerprint density at radius 3 is 3.09 bits per heavy atom. The van der Waals surface area contributed by atoms with Crippen molar-refractivity contribution >= 4 is 43.5 Å². The molecule has 0 atom stereocenters. The lowest BCUT2D eigenvalue weighted by molar-refractivity contribution is 0.413. The Balaban J connectivity index is 1.59. The Kier molecular flexibility index (Phi) is 3.48. The molecule has 3 heterocycles. The van der Waals surface area contributed by atoms with Crippen molar-refractivity contribution < 1.29 is 4.74 Å². The number of fused-ring (bicyclic) bond motifs is 3. The topological polar surface area (TPSA) is 50.8 Å². The highest BCUT2D eigenvalue weighted by Crippen LogP contribution is 2.34. The van der Waals surface area contributed by atoms with Gasteiger partial charge in [-0.3, -0.25) is 4.98 Å². The largest absolute Gasteiger partial charge is 0.497 e. The van der Waals surface area contributed by atoms with E-state index in [0.29, 0.717) is 0 Å². The predicted molar refractivity (Wildman–Crippen MR) is 91.8 cm³/mol. The number of aromatic nitrogens is 3. The molecule has 1 N–H and O–H groups in total. The fourth-order valence-electron chi connectivity index (χ4n) is 2.33. The molecule has 0 saturated heterocycles. The smallest absolute Gasteiger partial charge is 0.167 e. The maximum Gasteiger partial charge on any atom is 0.167 e. The van der Waals surface area contributed by atoms with Crippen LogP contribution in [0.2, 0.25) is 0 Å². The lowest BCUT2D eigenvalue weighted by Gasteiger charge is -2.02. The molecule has 4 aromatic rings. The van der Waals surface area contributed by atoms with Crippen molar-refractivity contribution in [1.82, 2.24) is 15.0 Å². The second-order valence-corrected chi connectivity index (χ2v) is 6.79. The van der Waals surface area contributed by atoms with E-state index in [-0.39, 0.29) is 0 Å². The van der Waals surface area contributed by atoms with Crippen LogP contribution in [-0.4, -0.2) is 22.1 Å². The molecule has 0 aliphatic heterocycles. The first-order valence-electron chi connectivity index (χ1n) is 6.82. The van der Waals surface area contributed by atoms with Gasteiger partial charge in [0.1, 0.15) is 10.6 Å². The summed E-state index contributed by atoms with van der Waals surface area (Å²) in [5.41, 5.74) is 2.11. The molecule has 4 rings (SSSR count). The zero-order valence-electron chi connectivity index (χ0n) is 11.9. The van der Waals surface area contributed by atoms with Gasteiger partial charge < -0.3 is 9.72 Å². The summed E-state index contributed by atoms with van der Waals surface area (Å²) in [5.74, 6) is 1.59. The van der Waals surface area contributed by atoms with E-state index in [9.17, 15) is 0 Å². The van der Waals surface area contributed by atoms with Crippen molar-refractivity contribution in [3.63, 3.8) is 0 Å². The van der Waals surface area contributed by atoms with Gasteiger partial charge in [-0.25, -0.2) is 4.98 Å². The summed E-state index contributed by atoms with van der Waals surface area (Å²) in [7, 11) is 1.66. The number of ether oxygens (including phenoxy) is 1. The molecule has 3 aromatic heterocycles. The van der Waals surface area contributed by atoms with Crippen LogP contribution in [-0.2, 0) is 5.75 Å². The second-order valence-electron chi connectivity index (χ2n) is 4.80. The SMILES string of the molecule is COc1ccnc(CSc2nc3sc4ccccc4c3[nH]2)c1. The van der Waals surface area contributed by atoms with E-state index in [1.165, 1.54) is 10.1 Å². The molecule has 110 valence electrons. The van der Waals surface area contributed by atoms with Crippen molar-refractivity contribution in [2.24, 2.45) is 0 Å². The van der Waals surface area contributed by atoms with Crippen LogP contribution < -0.4 is 4.74 Å². The molecular weight excluding hydrogens is 314 g/mol. The number of hydrogen-bond donors (Lipinski definition) is 1. The van der Waals surface area contributed by atoms with Gasteiger partial charge in [-0.1, -0.05) is 30.0 Å². The van der Waals surface area contributed by atoms with Crippen molar-refractivity contribution in [2.45, 2.75) is 10.9 Å². The molecule has 1 aromatic carbocycles. The lowest BCUT2D eigenvalue weighted by Crippen LogP contribution is -1.89. The van der Waals surface area contributed by atoms with Crippen molar-refractivity contribution in [3.05, 3.63) is 48.3 Å². The number of thioether (sulfide) groups is 1. The minimum Gasteiger partial charge on any atom is -0.497 e. The van der Waals surface area contributed by atoms with E-state index in [4.69, 9.17) is 4.74 Å². The highest BCUT2D eigenvalue weighted by molar-refractivity contribution is 7.98. The molecule has 0 fully saturated rings. The van der Waals surface area contributed by atoms with Crippen LogP contribution in [0.3, 0.4) is 0 Å². The Labute approximate surface area is 135 Å². The van der Waals surface area contributed by atoms with Gasteiger partial charge in [0.25, 0.3) is 0 Å². The Hall–Kier alpha value is -2.05. The van der Waals surface area contributed by atoms with Crippen LogP contribution in [0.25, 0.3) is 20.4 Å². The van der Waals surface area contributed by atoms with Crippen molar-refractivity contribution in [2.75, 3.05) is 7.11 Å². The normalized spacial score (nSPS) is 11.3. The van der Waals surface area contributed by atoms with Gasteiger partial charge in [0, 0.05) is 28.1 Å². The highest BCUT2D eigenvalue weighted by atomic mass is 32.2. The third kappa shape index (κ3) is 2.44. The van der Waals surface area contributed by atoms with Crippen LogP contribution in [0.4, 0.5) is 0 Å². The van der Waals surface area contributed by atoms with Crippen LogP contribution in [0.1, 0.15) is 5.69 Å². The maximum atomic E-state index is 5.22. The van der Waals surface area contributed by atoms with Crippen LogP contribution in [0.15, 0.2) is 47.8 Å². The van der Waals surface area contributed by atoms with Gasteiger partial charge in [0.05, 0.1) is 18.3 Å². The number of methoxy groups -OCH3 is 1. The van der Waals surface area contributed by atoms with Gasteiger partial charge in [0.15, 0.2) is 5.16 Å². The zero-order chi connectivity index (χ0) is 14.9. The number of imidazole rings is 1. The molecule has 0 unspecified atom stereocenters. The summed E-state index contributed by atoms with van der Waals surface area (Å²) in [6, 6.07) is 12.2. The van der Waals surface area contributed by atoms with E-state index in [2.05, 4.69) is 39.2 Å². The van der Waals surface area contributed by atoms with E-state index in [0.717, 1.165) is 32.7 Å². The molecule has 0 aliphatic carbocycles. The fraction of sp³-hybridized carbons (Fsp3) is 0.125. The van der Waals surface area contributed by atoms with Crippen molar-refractivity contribution in [3.8, 4) is 5.75 Å². The average molecular weight is 327 g/mol. The van der Waals surface area contributed by atoms with Crippen molar-refractivity contribution in [1.29, 1.82) is 0 Å². The molecule has 0 aliphatic rings. The average Bonchev–Trinajstić information content (AvgIpc) is 3.10. The quantitative estimate of drug-likeness (QED) is 0.562. The second kappa shape index (κ2) is 5.62. The molecule has 0 radical (unpaired) electrons. The number of aromatic amines is 1. The molecule has 0 bridgehead atoms. The van der Waals surface area contributed by atoms with Gasteiger partial charge >= 0.3 is 0 Å². The zero-order valence-corrected chi connectivity index (χ0v) is 13.5. The fourth-order valence-corrected chi connectivity index (χ4v) is 4.20. The standard InChI is InChI=1S/C16H13N3OS2/c1-20-11-6-7-17-10(8-11)9-21-16-18-14-12-4-2-3-5-13(12)22-15(14)19-16/h2-8H,9H2,1H3,(H,18,19). The van der Waals surface area contributed by atoms with Gasteiger partial charge in [-0.2, -0.15) is 0 Å². The summed E-state index contributed by atoms with van der Waals surface area (Å²) >= 11 is 3.37. The summed E-state index contributed by atoms with van der Waals surface area (Å²) in [5, 5.41) is 2.16. The third-order valence-electron chi connectivity index (χ3n) is 3.39. The van der Waals surface area contributed by atoms with Gasteiger partial charge in [0.2, 0.25) is 0 Å². The number of rotatable bonds is 4. The van der Waals surface area contributed by atoms with E-state index in [1.807, 2.05) is 12.1 Å². The number of benzene rings is 1. The maximum absolute atomic E-state index is 5.22. The lowest BCUT2D eigenvalue weighted by atomic mass is 10.2. The Bertz CT molecular complexity index is 945. The van der Waals surface area contributed by atoms with E-state index >= 15 is 0 Å². The minimum absolute atomic E-state index is 0.760. The number of nitrogens with zero attached hydrogens (tertiary/aromatic N) is 2. The highest BCUT2D eigenvalue weighted by Gasteiger charge is 2.10. The summed E-state index contributed by atoms with van der Waals surface area (Å²) in [6.45, 7) is 0. The van der Waals surface area contributed by atoms with Crippen LogP contribution in [0.5, 0.6) is 5.75 Å². The Morgan fingerprint density at radius 2 is 2.18 bits per heavy atom. The number of nitrogens with one attached hydrogen (secondary N) is 1. The number of pyridine rings is 1. The number of hydrogen-bond acceptors (Lipinski definition) is 5. The summed E-state index contributed by atoms with van der Waals surface area (Å²) in [4.78, 5) is 13.5. The summed E-state index contributed by atoms with van der Waals surface area (Å²) < 4.78 is 6.49. The van der Waals surface area contributed by atoms with Crippen LogP contribution >= 0.6 is 23.1 Å². The molecule has 0 spiro atoms. The number of H-pyrrole nitrogens is 1. The van der Waals surface area contributed by atoms with Gasteiger partial charge in [-0.05, 0) is 12.1 Å². The molecule has 22 heavy (non-hydrogen) atoms. The third-order valence-corrected chi connectivity index (χ3v) is 5.36. The van der Waals surface area contributed by atoms with Gasteiger partial charge in [-0.15, -0.1) is 11.3 Å². The minimum atomic E-state index is 0.760. The first-order chi connectivity index (χ1) is 10.8. The number of thiophene rings is 1. The molecule has 4 nitrogen and oxygen atoms in total. The van der Waals surface area contributed by atoms with E-state index in [1.54, 1.807) is 36.4 Å². The molecule has 0 saturated carbocycles.